The summed E-state index contributed by atoms with van der Waals surface area (Å²) in [5.74, 6) is -0.930. The van der Waals surface area contributed by atoms with Gasteiger partial charge in [-0.25, -0.2) is 12.8 Å². The van der Waals surface area contributed by atoms with Gasteiger partial charge in [-0.15, -0.1) is 0 Å². The van der Waals surface area contributed by atoms with Crippen molar-refractivity contribution in [3.8, 4) is 11.5 Å². The second-order valence-corrected chi connectivity index (χ2v) is 8.73. The summed E-state index contributed by atoms with van der Waals surface area (Å²) < 4.78 is 52.1. The summed E-state index contributed by atoms with van der Waals surface area (Å²) in [6.45, 7) is 0. The summed E-state index contributed by atoms with van der Waals surface area (Å²) in [6, 6.07) is 14.8. The number of anilines is 2. The van der Waals surface area contributed by atoms with Crippen LogP contribution in [0.4, 0.5) is 15.8 Å². The Labute approximate surface area is 195 Å². The molecule has 0 aliphatic heterocycles. The van der Waals surface area contributed by atoms with Crippen LogP contribution in [0.15, 0.2) is 71.6 Å². The standard InChI is InChI=1S/C23H20ClFN2O5S/c1-31-20-10-7-15(13-18(20)25)8-12-23(28)26-16-9-11-21(32-2)22(14-16)33(29,30)27-19-6-4-3-5-17(19)24/h3-14,27H,1-2H3,(H,26,28)/b12-8+. The van der Waals surface area contributed by atoms with Crippen molar-refractivity contribution in [1.82, 2.24) is 0 Å². The van der Waals surface area contributed by atoms with Gasteiger partial charge in [-0.05, 0) is 54.1 Å². The van der Waals surface area contributed by atoms with Crippen LogP contribution in [0.1, 0.15) is 5.56 Å². The largest absolute Gasteiger partial charge is 0.495 e. The molecule has 0 aliphatic rings. The Morgan fingerprint density at radius 1 is 1.00 bits per heavy atom. The van der Waals surface area contributed by atoms with E-state index in [4.69, 9.17) is 21.1 Å². The number of sulfonamides is 1. The topological polar surface area (TPSA) is 93.7 Å². The fraction of sp³-hybridized carbons (Fsp3) is 0.0870. The molecule has 0 heterocycles. The molecule has 0 fully saturated rings. The van der Waals surface area contributed by atoms with Gasteiger partial charge < -0.3 is 14.8 Å². The first-order valence-electron chi connectivity index (χ1n) is 9.51. The third-order valence-corrected chi connectivity index (χ3v) is 6.16. The average Bonchev–Trinajstić information content (AvgIpc) is 2.79. The van der Waals surface area contributed by atoms with Crippen molar-refractivity contribution in [3.05, 3.63) is 83.1 Å². The third-order valence-electron chi connectivity index (χ3n) is 4.44. The molecular weight excluding hydrogens is 471 g/mol. The van der Waals surface area contributed by atoms with Gasteiger partial charge in [-0.2, -0.15) is 0 Å². The highest BCUT2D eigenvalue weighted by Gasteiger charge is 2.21. The van der Waals surface area contributed by atoms with Gasteiger partial charge in [0, 0.05) is 11.8 Å². The fourth-order valence-corrected chi connectivity index (χ4v) is 4.37. The Balaban J connectivity index is 1.81. The molecule has 1 amide bonds. The monoisotopic (exact) mass is 490 g/mol. The minimum absolute atomic E-state index is 0.0804. The zero-order valence-corrected chi connectivity index (χ0v) is 19.2. The molecule has 0 unspecified atom stereocenters. The molecule has 2 N–H and O–H groups in total. The van der Waals surface area contributed by atoms with E-state index >= 15 is 0 Å². The molecule has 0 aliphatic carbocycles. The van der Waals surface area contributed by atoms with Gasteiger partial charge in [0.15, 0.2) is 11.6 Å². The zero-order chi connectivity index (χ0) is 24.0. The number of hydrogen-bond acceptors (Lipinski definition) is 5. The number of carbonyl (C=O) groups is 1. The number of carbonyl (C=O) groups excluding carboxylic acids is 1. The molecule has 0 spiro atoms. The number of methoxy groups -OCH3 is 2. The Hall–Kier alpha value is -3.56. The van der Waals surface area contributed by atoms with Crippen molar-refractivity contribution in [2.75, 3.05) is 24.3 Å². The lowest BCUT2D eigenvalue weighted by Gasteiger charge is -2.14. The van der Waals surface area contributed by atoms with E-state index in [2.05, 4.69) is 10.0 Å². The Morgan fingerprint density at radius 2 is 1.70 bits per heavy atom. The van der Waals surface area contributed by atoms with E-state index in [1.807, 2.05) is 0 Å². The zero-order valence-electron chi connectivity index (χ0n) is 17.6. The number of nitrogens with one attached hydrogen (secondary N) is 2. The first kappa shape index (κ1) is 24.1. The van der Waals surface area contributed by atoms with Crippen molar-refractivity contribution >= 4 is 45.0 Å². The molecule has 10 heteroatoms. The predicted octanol–water partition coefficient (Wildman–Crippen LogP) is 4.95. The van der Waals surface area contributed by atoms with Gasteiger partial charge in [0.05, 0.1) is 24.9 Å². The van der Waals surface area contributed by atoms with Crippen LogP contribution in [0, 0.1) is 5.82 Å². The van der Waals surface area contributed by atoms with Gasteiger partial charge >= 0.3 is 0 Å². The van der Waals surface area contributed by atoms with Crippen molar-refractivity contribution < 1.29 is 27.1 Å². The van der Waals surface area contributed by atoms with Crippen LogP contribution in [0.25, 0.3) is 6.08 Å². The molecule has 0 saturated heterocycles. The lowest BCUT2D eigenvalue weighted by atomic mass is 10.2. The summed E-state index contributed by atoms with van der Waals surface area (Å²) >= 11 is 6.05. The minimum atomic E-state index is -4.09. The second-order valence-electron chi connectivity index (χ2n) is 6.67. The van der Waals surface area contributed by atoms with E-state index in [1.165, 1.54) is 62.8 Å². The van der Waals surface area contributed by atoms with E-state index in [0.717, 1.165) is 0 Å². The molecular formula is C23H20ClFN2O5S. The number of amides is 1. The maximum atomic E-state index is 13.8. The summed E-state index contributed by atoms with van der Waals surface area (Å²) in [6.07, 6.45) is 2.61. The SMILES string of the molecule is COc1ccc(/C=C/C(=O)Nc2ccc(OC)c(S(=O)(=O)Nc3ccccc3Cl)c2)cc1F. The highest BCUT2D eigenvalue weighted by Crippen LogP contribution is 2.31. The maximum absolute atomic E-state index is 13.8. The minimum Gasteiger partial charge on any atom is -0.495 e. The lowest BCUT2D eigenvalue weighted by molar-refractivity contribution is -0.111. The van der Waals surface area contributed by atoms with Gasteiger partial charge in [0.2, 0.25) is 5.91 Å². The van der Waals surface area contributed by atoms with Crippen LogP contribution in [0.5, 0.6) is 11.5 Å². The molecule has 3 aromatic carbocycles. The summed E-state index contributed by atoms with van der Waals surface area (Å²) in [5.41, 5.74) is 0.863. The Bertz CT molecular complexity index is 1310. The van der Waals surface area contributed by atoms with Crippen molar-refractivity contribution in [1.29, 1.82) is 0 Å². The van der Waals surface area contributed by atoms with Crippen LogP contribution < -0.4 is 19.5 Å². The third kappa shape index (κ3) is 6.03. The van der Waals surface area contributed by atoms with Crippen LogP contribution >= 0.6 is 11.6 Å². The quantitative estimate of drug-likeness (QED) is 0.436. The molecule has 3 rings (SSSR count). The number of ether oxygens (including phenoxy) is 2. The Morgan fingerprint density at radius 3 is 2.36 bits per heavy atom. The average molecular weight is 491 g/mol. The molecule has 0 bridgehead atoms. The molecule has 7 nitrogen and oxygen atoms in total. The lowest BCUT2D eigenvalue weighted by Crippen LogP contribution is -2.15. The van der Waals surface area contributed by atoms with Crippen molar-refractivity contribution in [2.24, 2.45) is 0 Å². The molecule has 0 radical (unpaired) electrons. The molecule has 0 saturated carbocycles. The van der Waals surface area contributed by atoms with Crippen molar-refractivity contribution in [2.45, 2.75) is 4.90 Å². The Kier molecular flexibility index (Phi) is 7.57. The smallest absolute Gasteiger partial charge is 0.265 e. The van der Waals surface area contributed by atoms with E-state index in [9.17, 15) is 17.6 Å². The first-order chi connectivity index (χ1) is 15.7. The molecule has 0 aromatic heterocycles. The van der Waals surface area contributed by atoms with Gasteiger partial charge in [0.1, 0.15) is 10.6 Å². The normalized spacial score (nSPS) is 11.3. The molecule has 33 heavy (non-hydrogen) atoms. The molecule has 3 aromatic rings. The predicted molar refractivity (Wildman–Crippen MR) is 126 cm³/mol. The maximum Gasteiger partial charge on any atom is 0.265 e. The fourth-order valence-electron chi connectivity index (χ4n) is 2.85. The van der Waals surface area contributed by atoms with E-state index in [-0.39, 0.29) is 32.8 Å². The summed E-state index contributed by atoms with van der Waals surface area (Å²) in [7, 11) is -1.40. The highest BCUT2D eigenvalue weighted by atomic mass is 35.5. The number of hydrogen-bond donors (Lipinski definition) is 2. The van der Waals surface area contributed by atoms with Crippen molar-refractivity contribution in [3.63, 3.8) is 0 Å². The molecule has 172 valence electrons. The van der Waals surface area contributed by atoms with E-state index in [0.29, 0.717) is 5.56 Å². The first-order valence-corrected chi connectivity index (χ1v) is 11.4. The summed E-state index contributed by atoms with van der Waals surface area (Å²) in [5, 5.41) is 2.80. The van der Waals surface area contributed by atoms with Crippen LogP contribution in [-0.4, -0.2) is 28.5 Å². The highest BCUT2D eigenvalue weighted by molar-refractivity contribution is 7.92. The van der Waals surface area contributed by atoms with E-state index in [1.54, 1.807) is 24.3 Å². The van der Waals surface area contributed by atoms with Crippen LogP contribution in [-0.2, 0) is 14.8 Å². The van der Waals surface area contributed by atoms with Gasteiger partial charge in [-0.3, -0.25) is 9.52 Å². The number of para-hydroxylation sites is 1. The molecule has 0 atom stereocenters. The number of rotatable bonds is 8. The van der Waals surface area contributed by atoms with E-state index < -0.39 is 21.7 Å². The number of benzene rings is 3. The van der Waals surface area contributed by atoms with Gasteiger partial charge in [0.25, 0.3) is 10.0 Å². The van der Waals surface area contributed by atoms with Crippen LogP contribution in [0.3, 0.4) is 0 Å². The summed E-state index contributed by atoms with van der Waals surface area (Å²) in [4.78, 5) is 12.1. The number of halogens is 2. The van der Waals surface area contributed by atoms with Gasteiger partial charge in [-0.1, -0.05) is 29.8 Å². The van der Waals surface area contributed by atoms with Crippen LogP contribution in [0.2, 0.25) is 5.02 Å². The second kappa shape index (κ2) is 10.4.